The summed E-state index contributed by atoms with van der Waals surface area (Å²) in [7, 11) is 0. The molecule has 1 rings (SSSR count). The third-order valence-electron chi connectivity index (χ3n) is 2.92. The molecule has 1 aromatic rings. The molecule has 6 heteroatoms. The summed E-state index contributed by atoms with van der Waals surface area (Å²) in [5.41, 5.74) is 0.417. The predicted molar refractivity (Wildman–Crippen MR) is 76.4 cm³/mol. The summed E-state index contributed by atoms with van der Waals surface area (Å²) < 4.78 is 3.88. The van der Waals surface area contributed by atoms with Crippen LogP contribution >= 0.6 is 11.5 Å². The number of carbonyl (C=O) groups is 1. The monoisotopic (exact) mass is 285 g/mol. The van der Waals surface area contributed by atoms with Gasteiger partial charge in [0.05, 0.1) is 5.69 Å². The highest BCUT2D eigenvalue weighted by molar-refractivity contribution is 7.08. The van der Waals surface area contributed by atoms with Crippen molar-refractivity contribution in [2.24, 2.45) is 5.41 Å². The van der Waals surface area contributed by atoms with E-state index < -0.39 is 0 Å². The lowest BCUT2D eigenvalue weighted by Gasteiger charge is -2.24. The zero-order chi connectivity index (χ0) is 14.7. The number of amides is 1. The maximum atomic E-state index is 12.2. The molecule has 0 aliphatic rings. The third-order valence-corrected chi connectivity index (χ3v) is 3.65. The van der Waals surface area contributed by atoms with Crippen molar-refractivity contribution in [1.29, 1.82) is 0 Å². The Bertz CT molecular complexity index is 435. The van der Waals surface area contributed by atoms with E-state index in [-0.39, 0.29) is 23.3 Å². The Balaban J connectivity index is 2.73. The van der Waals surface area contributed by atoms with Crippen LogP contribution in [0.5, 0.6) is 0 Å². The minimum Gasteiger partial charge on any atom is -0.396 e. The fourth-order valence-corrected chi connectivity index (χ4v) is 2.41. The van der Waals surface area contributed by atoms with E-state index in [1.165, 1.54) is 0 Å². The van der Waals surface area contributed by atoms with Crippen LogP contribution in [-0.2, 0) is 5.41 Å². The molecule has 0 aliphatic carbocycles. The first-order valence-electron chi connectivity index (χ1n) is 6.39. The number of nitrogens with zero attached hydrogens (tertiary/aromatic N) is 2. The van der Waals surface area contributed by atoms with Crippen molar-refractivity contribution in [3.63, 3.8) is 0 Å². The molecule has 0 spiro atoms. The van der Waals surface area contributed by atoms with E-state index >= 15 is 0 Å². The van der Waals surface area contributed by atoms with Crippen LogP contribution < -0.4 is 5.32 Å². The minimum atomic E-state index is -0.194. The molecule has 0 bridgehead atoms. The molecule has 108 valence electrons. The smallest absolute Gasteiger partial charge is 0.264 e. The lowest BCUT2D eigenvalue weighted by molar-refractivity contribution is 0.0930. The van der Waals surface area contributed by atoms with Gasteiger partial charge in [0, 0.05) is 18.6 Å². The molecule has 1 aromatic heterocycles. The number of aromatic nitrogens is 2. The Morgan fingerprint density at radius 2 is 1.95 bits per heavy atom. The summed E-state index contributed by atoms with van der Waals surface area (Å²) in [4.78, 5) is 12.8. The molecule has 0 fully saturated rings. The average Bonchev–Trinajstić information content (AvgIpc) is 2.74. The fraction of sp³-hybridized carbons (Fsp3) is 0.769. The van der Waals surface area contributed by atoms with Crippen LogP contribution in [0.15, 0.2) is 0 Å². The standard InChI is InChI=1S/C13H23N3O2S/c1-12(2,3)10-9(19-16-15-10)11(18)14-8-13(4,5)6-7-17/h17H,6-8H2,1-5H3,(H,14,18). The van der Waals surface area contributed by atoms with Crippen LogP contribution in [0.4, 0.5) is 0 Å². The molecule has 2 N–H and O–H groups in total. The van der Waals surface area contributed by atoms with E-state index in [4.69, 9.17) is 5.11 Å². The number of aliphatic hydroxyl groups is 1. The van der Waals surface area contributed by atoms with Crippen molar-refractivity contribution in [3.05, 3.63) is 10.6 Å². The van der Waals surface area contributed by atoms with Crippen LogP contribution in [0.25, 0.3) is 0 Å². The average molecular weight is 285 g/mol. The molecule has 0 atom stereocenters. The quantitative estimate of drug-likeness (QED) is 0.867. The second kappa shape index (κ2) is 5.96. The predicted octanol–water partition coefficient (Wildman–Crippen LogP) is 1.97. The van der Waals surface area contributed by atoms with Gasteiger partial charge in [-0.05, 0) is 23.4 Å². The molecule has 0 saturated heterocycles. The first-order chi connectivity index (χ1) is 8.67. The minimum absolute atomic E-state index is 0.121. The van der Waals surface area contributed by atoms with Crippen molar-refractivity contribution in [3.8, 4) is 0 Å². The summed E-state index contributed by atoms with van der Waals surface area (Å²) in [6.07, 6.45) is 0.653. The molecule has 1 amide bonds. The van der Waals surface area contributed by atoms with Gasteiger partial charge in [-0.25, -0.2) is 0 Å². The maximum absolute atomic E-state index is 12.2. The first-order valence-corrected chi connectivity index (χ1v) is 7.16. The Morgan fingerprint density at radius 3 is 2.47 bits per heavy atom. The van der Waals surface area contributed by atoms with Crippen LogP contribution in [0.2, 0.25) is 0 Å². The van der Waals surface area contributed by atoms with Crippen molar-refractivity contribution < 1.29 is 9.90 Å². The molecule has 0 unspecified atom stereocenters. The number of aliphatic hydroxyl groups excluding tert-OH is 1. The normalized spacial score (nSPS) is 12.5. The first kappa shape index (κ1) is 16.0. The van der Waals surface area contributed by atoms with Crippen molar-refractivity contribution in [1.82, 2.24) is 14.9 Å². The Kier molecular flexibility index (Phi) is 5.04. The van der Waals surface area contributed by atoms with Gasteiger partial charge in [0.15, 0.2) is 0 Å². The number of hydrogen-bond donors (Lipinski definition) is 2. The SMILES string of the molecule is CC(C)(CCO)CNC(=O)c1snnc1C(C)(C)C. The molecular weight excluding hydrogens is 262 g/mol. The Hall–Kier alpha value is -1.01. The van der Waals surface area contributed by atoms with Gasteiger partial charge >= 0.3 is 0 Å². The van der Waals surface area contributed by atoms with Gasteiger partial charge in [-0.1, -0.05) is 39.1 Å². The second-order valence-corrected chi connectivity index (χ2v) is 7.28. The molecule has 0 radical (unpaired) electrons. The number of rotatable bonds is 5. The van der Waals surface area contributed by atoms with Gasteiger partial charge < -0.3 is 10.4 Å². The maximum Gasteiger partial charge on any atom is 0.264 e. The molecule has 1 heterocycles. The van der Waals surface area contributed by atoms with Gasteiger partial charge in [-0.2, -0.15) is 0 Å². The molecular formula is C13H23N3O2S. The summed E-state index contributed by atoms with van der Waals surface area (Å²) in [5, 5.41) is 15.9. The zero-order valence-corrected chi connectivity index (χ0v) is 13.1. The lowest BCUT2D eigenvalue weighted by atomic mass is 9.89. The summed E-state index contributed by atoms with van der Waals surface area (Å²) >= 11 is 1.13. The largest absolute Gasteiger partial charge is 0.396 e. The highest BCUT2D eigenvalue weighted by Gasteiger charge is 2.27. The van der Waals surface area contributed by atoms with Crippen LogP contribution in [-0.4, -0.2) is 33.8 Å². The van der Waals surface area contributed by atoms with E-state index in [0.717, 1.165) is 17.2 Å². The van der Waals surface area contributed by atoms with E-state index in [2.05, 4.69) is 14.9 Å². The van der Waals surface area contributed by atoms with E-state index in [1.807, 2.05) is 34.6 Å². The van der Waals surface area contributed by atoms with Crippen LogP contribution in [0, 0.1) is 5.41 Å². The number of nitrogens with one attached hydrogen (secondary N) is 1. The van der Waals surface area contributed by atoms with Gasteiger partial charge in [-0.15, -0.1) is 5.10 Å². The Morgan fingerprint density at radius 1 is 1.32 bits per heavy atom. The molecule has 0 aromatic carbocycles. The van der Waals surface area contributed by atoms with Crippen LogP contribution in [0.3, 0.4) is 0 Å². The van der Waals surface area contributed by atoms with Gasteiger partial charge in [-0.3, -0.25) is 4.79 Å². The molecule has 0 saturated carbocycles. The molecule has 5 nitrogen and oxygen atoms in total. The number of hydrogen-bond acceptors (Lipinski definition) is 5. The van der Waals surface area contributed by atoms with Gasteiger partial charge in [0.2, 0.25) is 0 Å². The van der Waals surface area contributed by atoms with Crippen LogP contribution in [0.1, 0.15) is 56.4 Å². The van der Waals surface area contributed by atoms with E-state index in [9.17, 15) is 4.79 Å². The van der Waals surface area contributed by atoms with Crippen molar-refractivity contribution in [2.45, 2.75) is 46.5 Å². The summed E-state index contributed by atoms with van der Waals surface area (Å²) in [6.45, 7) is 10.7. The Labute approximate surface area is 118 Å². The third kappa shape index (κ3) is 4.54. The number of carbonyl (C=O) groups excluding carboxylic acids is 1. The van der Waals surface area contributed by atoms with Gasteiger partial charge in [0.1, 0.15) is 4.88 Å². The fourth-order valence-electron chi connectivity index (χ4n) is 1.62. The molecule has 0 aliphatic heterocycles. The second-order valence-electron chi connectivity index (χ2n) is 6.52. The lowest BCUT2D eigenvalue weighted by Crippen LogP contribution is -2.35. The zero-order valence-electron chi connectivity index (χ0n) is 12.3. The molecule has 19 heavy (non-hydrogen) atoms. The highest BCUT2D eigenvalue weighted by Crippen LogP contribution is 2.26. The topological polar surface area (TPSA) is 75.1 Å². The van der Waals surface area contributed by atoms with Gasteiger partial charge in [0.25, 0.3) is 5.91 Å². The van der Waals surface area contributed by atoms with E-state index in [0.29, 0.717) is 17.8 Å². The highest BCUT2D eigenvalue weighted by atomic mass is 32.1. The van der Waals surface area contributed by atoms with Crippen molar-refractivity contribution >= 4 is 17.4 Å². The summed E-state index contributed by atoms with van der Waals surface area (Å²) in [6, 6.07) is 0. The summed E-state index contributed by atoms with van der Waals surface area (Å²) in [5.74, 6) is -0.133. The van der Waals surface area contributed by atoms with E-state index in [1.54, 1.807) is 0 Å². The van der Waals surface area contributed by atoms with Crippen molar-refractivity contribution in [2.75, 3.05) is 13.2 Å².